The number of hydrogen-bond donors (Lipinski definition) is 1. The molecule has 0 radical (unpaired) electrons. The van der Waals surface area contributed by atoms with Crippen LogP contribution in [0.15, 0.2) is 29.2 Å². The molecule has 1 nitrogen and oxygen atoms in total. The molecule has 1 atom stereocenters. The molecule has 1 N–H and O–H groups in total. The Balaban J connectivity index is 2.47. The molecule has 1 unspecified atom stereocenters. The maximum Gasteiger partial charge on any atom is 0.0902 e. The molecule has 1 aromatic carbocycles. The SMILES string of the molecule is CC(O)c1ccc(SCCCF)cc1. The molecule has 1 rings (SSSR count). The van der Waals surface area contributed by atoms with Gasteiger partial charge in [-0.1, -0.05) is 12.1 Å². The van der Waals surface area contributed by atoms with Crippen LogP contribution in [0, 0.1) is 0 Å². The number of aliphatic hydroxyl groups excluding tert-OH is 1. The van der Waals surface area contributed by atoms with Crippen molar-refractivity contribution in [1.29, 1.82) is 0 Å². The fraction of sp³-hybridized carbons (Fsp3) is 0.455. The van der Waals surface area contributed by atoms with Crippen LogP contribution in [0.1, 0.15) is 25.0 Å². The van der Waals surface area contributed by atoms with E-state index in [0.717, 1.165) is 16.2 Å². The van der Waals surface area contributed by atoms with Gasteiger partial charge in [-0.15, -0.1) is 11.8 Å². The van der Waals surface area contributed by atoms with Crippen molar-refractivity contribution >= 4 is 11.8 Å². The highest BCUT2D eigenvalue weighted by atomic mass is 32.2. The van der Waals surface area contributed by atoms with Crippen LogP contribution in [0.2, 0.25) is 0 Å². The van der Waals surface area contributed by atoms with Crippen molar-refractivity contribution in [2.24, 2.45) is 0 Å². The average Bonchev–Trinajstić information content (AvgIpc) is 2.19. The van der Waals surface area contributed by atoms with Gasteiger partial charge in [0.05, 0.1) is 12.8 Å². The molecule has 0 fully saturated rings. The van der Waals surface area contributed by atoms with Crippen molar-refractivity contribution in [3.8, 4) is 0 Å². The molecular formula is C11H15FOS. The lowest BCUT2D eigenvalue weighted by atomic mass is 10.1. The molecule has 0 amide bonds. The van der Waals surface area contributed by atoms with E-state index in [1.807, 2.05) is 24.3 Å². The zero-order valence-electron chi connectivity index (χ0n) is 8.24. The van der Waals surface area contributed by atoms with Gasteiger partial charge in [-0.3, -0.25) is 4.39 Å². The summed E-state index contributed by atoms with van der Waals surface area (Å²) in [6, 6.07) is 7.74. The molecule has 0 heterocycles. The maximum atomic E-state index is 11.8. The molecule has 1 aromatic rings. The molecule has 78 valence electrons. The number of thioether (sulfide) groups is 1. The third-order valence-electron chi connectivity index (χ3n) is 1.91. The van der Waals surface area contributed by atoms with Crippen molar-refractivity contribution in [1.82, 2.24) is 0 Å². The van der Waals surface area contributed by atoms with Crippen LogP contribution in [0.25, 0.3) is 0 Å². The van der Waals surface area contributed by atoms with Crippen LogP contribution >= 0.6 is 11.8 Å². The minimum atomic E-state index is -0.417. The van der Waals surface area contributed by atoms with Crippen molar-refractivity contribution < 1.29 is 9.50 Å². The van der Waals surface area contributed by atoms with Crippen LogP contribution in [0.5, 0.6) is 0 Å². The summed E-state index contributed by atoms with van der Waals surface area (Å²) in [5.41, 5.74) is 0.917. The van der Waals surface area contributed by atoms with Gasteiger partial charge in [0.1, 0.15) is 0 Å². The molecule has 0 saturated carbocycles. The Labute approximate surface area is 88.3 Å². The summed E-state index contributed by atoms with van der Waals surface area (Å²) in [4.78, 5) is 1.13. The summed E-state index contributed by atoms with van der Waals surface area (Å²) >= 11 is 1.64. The van der Waals surface area contributed by atoms with Gasteiger partial charge in [0.2, 0.25) is 0 Å². The zero-order chi connectivity index (χ0) is 10.4. The molecular weight excluding hydrogens is 199 g/mol. The highest BCUT2D eigenvalue weighted by Gasteiger charge is 2.00. The van der Waals surface area contributed by atoms with E-state index < -0.39 is 6.10 Å². The van der Waals surface area contributed by atoms with Gasteiger partial charge in [0.15, 0.2) is 0 Å². The Kier molecular flexibility index (Phi) is 4.98. The second-order valence-corrected chi connectivity index (χ2v) is 4.30. The fourth-order valence-corrected chi connectivity index (χ4v) is 1.90. The predicted molar refractivity (Wildman–Crippen MR) is 58.4 cm³/mol. The molecule has 0 aromatic heterocycles. The number of rotatable bonds is 5. The van der Waals surface area contributed by atoms with Gasteiger partial charge in [-0.2, -0.15) is 0 Å². The Morgan fingerprint density at radius 2 is 2.00 bits per heavy atom. The molecule has 0 bridgehead atoms. The normalized spacial score (nSPS) is 12.8. The molecule has 0 aliphatic rings. The summed E-state index contributed by atoms with van der Waals surface area (Å²) in [5, 5.41) is 9.27. The number of alkyl halides is 1. The quantitative estimate of drug-likeness (QED) is 0.600. The van der Waals surface area contributed by atoms with Crippen LogP contribution in [-0.2, 0) is 0 Å². The molecule has 14 heavy (non-hydrogen) atoms. The second-order valence-electron chi connectivity index (χ2n) is 3.14. The highest BCUT2D eigenvalue weighted by molar-refractivity contribution is 7.99. The third-order valence-corrected chi connectivity index (χ3v) is 3.01. The Hall–Kier alpha value is -0.540. The second kappa shape index (κ2) is 6.04. The Morgan fingerprint density at radius 1 is 1.36 bits per heavy atom. The fourth-order valence-electron chi connectivity index (χ4n) is 1.09. The van der Waals surface area contributed by atoms with Crippen molar-refractivity contribution in [3.63, 3.8) is 0 Å². The predicted octanol–water partition coefficient (Wildman–Crippen LogP) is 3.19. The third kappa shape index (κ3) is 3.68. The molecule has 0 spiro atoms. The van der Waals surface area contributed by atoms with E-state index in [2.05, 4.69) is 0 Å². The Morgan fingerprint density at radius 3 is 2.50 bits per heavy atom. The van der Waals surface area contributed by atoms with E-state index in [9.17, 15) is 9.50 Å². The molecule has 0 aliphatic heterocycles. The number of hydrogen-bond acceptors (Lipinski definition) is 2. The van der Waals surface area contributed by atoms with Gasteiger partial charge in [0, 0.05) is 10.6 Å². The minimum Gasteiger partial charge on any atom is -0.389 e. The van der Waals surface area contributed by atoms with E-state index in [0.29, 0.717) is 6.42 Å². The van der Waals surface area contributed by atoms with Crippen LogP contribution < -0.4 is 0 Å². The molecule has 0 saturated heterocycles. The van der Waals surface area contributed by atoms with Crippen molar-refractivity contribution in [2.45, 2.75) is 24.3 Å². The zero-order valence-corrected chi connectivity index (χ0v) is 9.06. The number of aliphatic hydroxyl groups is 1. The minimum absolute atomic E-state index is 0.251. The van der Waals surface area contributed by atoms with E-state index in [-0.39, 0.29) is 6.67 Å². The average molecular weight is 214 g/mol. The monoisotopic (exact) mass is 214 g/mol. The van der Waals surface area contributed by atoms with Crippen molar-refractivity contribution in [2.75, 3.05) is 12.4 Å². The largest absolute Gasteiger partial charge is 0.389 e. The van der Waals surface area contributed by atoms with E-state index in [1.165, 1.54) is 0 Å². The summed E-state index contributed by atoms with van der Waals surface area (Å²) in [6.45, 7) is 1.49. The van der Waals surface area contributed by atoms with Gasteiger partial charge < -0.3 is 5.11 Å². The first-order chi connectivity index (χ1) is 6.74. The summed E-state index contributed by atoms with van der Waals surface area (Å²) in [7, 11) is 0. The van der Waals surface area contributed by atoms with Gasteiger partial charge in [-0.05, 0) is 31.0 Å². The number of benzene rings is 1. The van der Waals surface area contributed by atoms with Gasteiger partial charge >= 0.3 is 0 Å². The van der Waals surface area contributed by atoms with Crippen LogP contribution in [0.4, 0.5) is 4.39 Å². The van der Waals surface area contributed by atoms with Crippen LogP contribution in [-0.4, -0.2) is 17.5 Å². The first-order valence-electron chi connectivity index (χ1n) is 4.71. The van der Waals surface area contributed by atoms with E-state index >= 15 is 0 Å². The van der Waals surface area contributed by atoms with Gasteiger partial charge in [0.25, 0.3) is 0 Å². The first kappa shape index (κ1) is 11.5. The standard InChI is InChI=1S/C11H15FOS/c1-9(13)10-3-5-11(6-4-10)14-8-2-7-12/h3-6,9,13H,2,7-8H2,1H3. The van der Waals surface area contributed by atoms with Gasteiger partial charge in [-0.25, -0.2) is 0 Å². The summed E-state index contributed by atoms with van der Waals surface area (Å²) in [5.74, 6) is 0.810. The topological polar surface area (TPSA) is 20.2 Å². The Bertz CT molecular complexity index is 258. The van der Waals surface area contributed by atoms with Crippen LogP contribution in [0.3, 0.4) is 0 Å². The van der Waals surface area contributed by atoms with E-state index in [1.54, 1.807) is 18.7 Å². The lowest BCUT2D eigenvalue weighted by molar-refractivity contribution is 0.199. The maximum absolute atomic E-state index is 11.8. The highest BCUT2D eigenvalue weighted by Crippen LogP contribution is 2.21. The smallest absolute Gasteiger partial charge is 0.0902 e. The molecule has 3 heteroatoms. The first-order valence-corrected chi connectivity index (χ1v) is 5.69. The lowest BCUT2D eigenvalue weighted by Crippen LogP contribution is -1.89. The summed E-state index contributed by atoms with van der Waals surface area (Å²) in [6.07, 6.45) is 0.183. The number of halogens is 1. The van der Waals surface area contributed by atoms with Crippen molar-refractivity contribution in [3.05, 3.63) is 29.8 Å². The van der Waals surface area contributed by atoms with E-state index in [4.69, 9.17) is 0 Å². The molecule has 0 aliphatic carbocycles. The lowest BCUT2D eigenvalue weighted by Gasteiger charge is -2.05. The summed E-state index contributed by atoms with van der Waals surface area (Å²) < 4.78 is 11.8.